The molecule has 2 rings (SSSR count). The van der Waals surface area contributed by atoms with Crippen LogP contribution in [0.2, 0.25) is 0 Å². The zero-order chi connectivity index (χ0) is 9.97. The summed E-state index contributed by atoms with van der Waals surface area (Å²) in [7, 11) is 0. The normalized spacial score (nSPS) is 31.8. The van der Waals surface area contributed by atoms with Gasteiger partial charge < -0.3 is 16.0 Å². The van der Waals surface area contributed by atoms with E-state index in [1.807, 2.05) is 0 Å². The van der Waals surface area contributed by atoms with Gasteiger partial charge in [0, 0.05) is 25.0 Å². The van der Waals surface area contributed by atoms with Crippen LogP contribution in [-0.4, -0.2) is 42.5 Å². The quantitative estimate of drug-likeness (QED) is 0.650. The van der Waals surface area contributed by atoms with Gasteiger partial charge in [0.2, 0.25) is 5.91 Å². The molecule has 3 N–H and O–H groups in total. The Balaban J connectivity index is 1.57. The van der Waals surface area contributed by atoms with Crippen molar-refractivity contribution >= 4 is 5.91 Å². The molecule has 1 saturated heterocycles. The molecule has 80 valence electrons. The third-order valence-corrected chi connectivity index (χ3v) is 3.04. The van der Waals surface area contributed by atoms with E-state index in [1.54, 1.807) is 0 Å². The number of carbonyl (C=O) groups is 1. The number of nitrogens with zero attached hydrogens (tertiary/aromatic N) is 1. The molecule has 1 aliphatic heterocycles. The van der Waals surface area contributed by atoms with Gasteiger partial charge in [-0.15, -0.1) is 0 Å². The van der Waals surface area contributed by atoms with Crippen molar-refractivity contribution in [3.8, 4) is 0 Å². The molecule has 0 aromatic rings. The first kappa shape index (κ1) is 9.93. The topological polar surface area (TPSA) is 58.4 Å². The summed E-state index contributed by atoms with van der Waals surface area (Å²) in [6.45, 7) is 3.24. The molecule has 2 fully saturated rings. The number of hydrogen-bond donors (Lipinski definition) is 2. The molecule has 1 heterocycles. The molecule has 14 heavy (non-hydrogen) atoms. The maximum atomic E-state index is 11.4. The smallest absolute Gasteiger partial charge is 0.221 e. The first-order valence-corrected chi connectivity index (χ1v) is 5.53. The second kappa shape index (κ2) is 4.28. The highest BCUT2D eigenvalue weighted by molar-refractivity contribution is 5.76. The van der Waals surface area contributed by atoms with Crippen LogP contribution in [0.1, 0.15) is 25.7 Å². The maximum Gasteiger partial charge on any atom is 0.221 e. The Morgan fingerprint density at radius 1 is 1.43 bits per heavy atom. The maximum absolute atomic E-state index is 11.4. The summed E-state index contributed by atoms with van der Waals surface area (Å²) >= 11 is 0. The third kappa shape index (κ3) is 2.69. The lowest BCUT2D eigenvalue weighted by molar-refractivity contribution is -0.121. The van der Waals surface area contributed by atoms with Gasteiger partial charge in [-0.1, -0.05) is 0 Å². The van der Waals surface area contributed by atoms with Crippen LogP contribution in [-0.2, 0) is 4.79 Å². The van der Waals surface area contributed by atoms with Gasteiger partial charge in [0.15, 0.2) is 0 Å². The number of amides is 1. The number of nitrogens with two attached hydrogens (primary N) is 1. The second-order valence-corrected chi connectivity index (χ2v) is 4.37. The number of carbonyl (C=O) groups excluding carboxylic acids is 1. The van der Waals surface area contributed by atoms with Gasteiger partial charge in [-0.25, -0.2) is 0 Å². The zero-order valence-corrected chi connectivity index (χ0v) is 8.54. The van der Waals surface area contributed by atoms with Crippen LogP contribution in [0.25, 0.3) is 0 Å². The summed E-state index contributed by atoms with van der Waals surface area (Å²) in [5.41, 5.74) is 5.61. The van der Waals surface area contributed by atoms with E-state index in [4.69, 9.17) is 5.73 Å². The highest BCUT2D eigenvalue weighted by Gasteiger charge is 2.34. The summed E-state index contributed by atoms with van der Waals surface area (Å²) in [5, 5.41) is 2.94. The van der Waals surface area contributed by atoms with Crippen LogP contribution in [0.4, 0.5) is 0 Å². The van der Waals surface area contributed by atoms with Crippen molar-refractivity contribution in [3.63, 3.8) is 0 Å². The van der Waals surface area contributed by atoms with Crippen molar-refractivity contribution in [1.82, 2.24) is 10.2 Å². The van der Waals surface area contributed by atoms with Gasteiger partial charge in [0.05, 0.1) is 0 Å². The standard InChI is InChI=1S/C10H19N3O/c11-8-7-9(8)12-10(14)3-6-13-4-1-2-5-13/h8-9H,1-7,11H2,(H,12,14). The Morgan fingerprint density at radius 2 is 2.07 bits per heavy atom. The Morgan fingerprint density at radius 3 is 2.64 bits per heavy atom. The van der Waals surface area contributed by atoms with E-state index in [0.717, 1.165) is 26.1 Å². The first-order chi connectivity index (χ1) is 6.75. The van der Waals surface area contributed by atoms with Crippen LogP contribution in [0.5, 0.6) is 0 Å². The van der Waals surface area contributed by atoms with Crippen molar-refractivity contribution in [2.24, 2.45) is 5.73 Å². The predicted molar refractivity (Wildman–Crippen MR) is 54.8 cm³/mol. The molecule has 2 unspecified atom stereocenters. The van der Waals surface area contributed by atoms with Gasteiger partial charge in [-0.3, -0.25) is 4.79 Å². The summed E-state index contributed by atoms with van der Waals surface area (Å²) in [6, 6.07) is 0.479. The zero-order valence-electron chi connectivity index (χ0n) is 8.54. The number of hydrogen-bond acceptors (Lipinski definition) is 3. The van der Waals surface area contributed by atoms with Crippen LogP contribution >= 0.6 is 0 Å². The average molecular weight is 197 g/mol. The average Bonchev–Trinajstić information content (AvgIpc) is 2.71. The van der Waals surface area contributed by atoms with Crippen molar-refractivity contribution in [1.29, 1.82) is 0 Å². The van der Waals surface area contributed by atoms with Gasteiger partial charge in [0.25, 0.3) is 0 Å². The predicted octanol–water partition coefficient (Wildman–Crippen LogP) is -0.312. The van der Waals surface area contributed by atoms with E-state index in [2.05, 4.69) is 10.2 Å². The molecule has 1 saturated carbocycles. The summed E-state index contributed by atoms with van der Waals surface area (Å²) < 4.78 is 0. The second-order valence-electron chi connectivity index (χ2n) is 4.37. The fraction of sp³-hybridized carbons (Fsp3) is 0.900. The van der Waals surface area contributed by atoms with Gasteiger partial charge in [-0.2, -0.15) is 0 Å². The minimum atomic E-state index is 0.162. The molecule has 0 aromatic carbocycles. The van der Waals surface area contributed by atoms with Crippen molar-refractivity contribution in [3.05, 3.63) is 0 Å². The summed E-state index contributed by atoms with van der Waals surface area (Å²) in [4.78, 5) is 13.8. The molecule has 0 radical (unpaired) electrons. The molecule has 2 atom stereocenters. The highest BCUT2D eigenvalue weighted by atomic mass is 16.1. The van der Waals surface area contributed by atoms with Crippen molar-refractivity contribution in [2.45, 2.75) is 37.8 Å². The van der Waals surface area contributed by atoms with Crippen LogP contribution < -0.4 is 11.1 Å². The number of rotatable bonds is 4. The lowest BCUT2D eigenvalue weighted by Crippen LogP contribution is -2.32. The number of nitrogens with one attached hydrogen (secondary N) is 1. The van der Waals surface area contributed by atoms with E-state index in [9.17, 15) is 4.79 Å². The molecule has 4 heteroatoms. The molecule has 2 aliphatic rings. The third-order valence-electron chi connectivity index (χ3n) is 3.04. The molecule has 4 nitrogen and oxygen atoms in total. The highest BCUT2D eigenvalue weighted by Crippen LogP contribution is 2.17. The number of likely N-dealkylation sites (tertiary alicyclic amines) is 1. The van der Waals surface area contributed by atoms with E-state index in [-0.39, 0.29) is 18.0 Å². The lowest BCUT2D eigenvalue weighted by atomic mass is 10.3. The van der Waals surface area contributed by atoms with Crippen LogP contribution in [0.15, 0.2) is 0 Å². The molecular weight excluding hydrogens is 178 g/mol. The first-order valence-electron chi connectivity index (χ1n) is 5.53. The molecule has 0 spiro atoms. The minimum absolute atomic E-state index is 0.162. The van der Waals surface area contributed by atoms with E-state index in [0.29, 0.717) is 6.42 Å². The van der Waals surface area contributed by atoms with Gasteiger partial charge in [0.1, 0.15) is 0 Å². The Labute approximate surface area is 84.8 Å². The Bertz CT molecular complexity index is 213. The largest absolute Gasteiger partial charge is 0.352 e. The van der Waals surface area contributed by atoms with E-state index >= 15 is 0 Å². The van der Waals surface area contributed by atoms with Crippen LogP contribution in [0.3, 0.4) is 0 Å². The Kier molecular flexibility index (Phi) is 3.03. The van der Waals surface area contributed by atoms with Crippen molar-refractivity contribution < 1.29 is 4.79 Å². The lowest BCUT2D eigenvalue weighted by Gasteiger charge is -2.13. The minimum Gasteiger partial charge on any atom is -0.352 e. The van der Waals surface area contributed by atoms with Gasteiger partial charge >= 0.3 is 0 Å². The molecule has 0 aromatic heterocycles. The fourth-order valence-corrected chi connectivity index (χ4v) is 1.93. The molecule has 1 aliphatic carbocycles. The van der Waals surface area contributed by atoms with Gasteiger partial charge in [-0.05, 0) is 32.4 Å². The summed E-state index contributed by atoms with van der Waals surface area (Å²) in [5.74, 6) is 0.162. The SMILES string of the molecule is NC1CC1NC(=O)CCN1CCCC1. The molecule has 1 amide bonds. The summed E-state index contributed by atoms with van der Waals surface area (Å²) in [6.07, 6.45) is 4.16. The van der Waals surface area contributed by atoms with E-state index in [1.165, 1.54) is 12.8 Å². The van der Waals surface area contributed by atoms with E-state index < -0.39 is 0 Å². The monoisotopic (exact) mass is 197 g/mol. The fourth-order valence-electron chi connectivity index (χ4n) is 1.93. The van der Waals surface area contributed by atoms with Crippen molar-refractivity contribution in [2.75, 3.05) is 19.6 Å². The Hall–Kier alpha value is -0.610. The van der Waals surface area contributed by atoms with Crippen LogP contribution in [0, 0.1) is 0 Å². The molecular formula is C10H19N3O. The molecule has 0 bridgehead atoms.